The molecule has 0 saturated carbocycles. The number of rotatable bonds is 2. The molecular weight excluding hydrogens is 251 g/mol. The summed E-state index contributed by atoms with van der Waals surface area (Å²) in [5, 5.41) is 3.27. The number of halogens is 2. The third-order valence-corrected chi connectivity index (χ3v) is 2.49. The lowest BCUT2D eigenvalue weighted by atomic mass is 10.3. The molecule has 0 radical (unpaired) electrons. The average Bonchev–Trinajstić information content (AvgIpc) is 2.76. The van der Waals surface area contributed by atoms with Crippen LogP contribution >= 0.6 is 23.2 Å². The number of hydrogen-bond donors (Lipinski definition) is 1. The molecule has 0 aliphatic carbocycles. The zero-order chi connectivity index (χ0) is 11.5. The summed E-state index contributed by atoms with van der Waals surface area (Å²) in [7, 11) is 0. The van der Waals surface area contributed by atoms with Crippen LogP contribution < -0.4 is 5.32 Å². The maximum Gasteiger partial charge on any atom is 0.293 e. The van der Waals surface area contributed by atoms with Gasteiger partial charge in [-0.1, -0.05) is 29.3 Å². The minimum absolute atomic E-state index is 0.0935. The molecular formula is C10H6Cl2N2O2. The molecule has 6 heteroatoms. The second-order valence-corrected chi connectivity index (χ2v) is 3.73. The number of nitrogens with one attached hydrogen (secondary N) is 1. The molecule has 0 aliphatic heterocycles. The normalized spacial score (nSPS) is 10.1. The lowest BCUT2D eigenvalue weighted by molar-refractivity contribution is 0.0996. The minimum atomic E-state index is -0.451. The third kappa shape index (κ3) is 2.18. The summed E-state index contributed by atoms with van der Waals surface area (Å²) in [5.41, 5.74) is 0.354. The molecule has 0 unspecified atom stereocenters. The summed E-state index contributed by atoms with van der Waals surface area (Å²) in [4.78, 5) is 15.3. The number of aromatic nitrogens is 1. The van der Waals surface area contributed by atoms with Gasteiger partial charge in [-0.15, -0.1) is 0 Å². The number of oxazole rings is 1. The third-order valence-electron chi connectivity index (χ3n) is 1.86. The predicted octanol–water partition coefficient (Wildman–Crippen LogP) is 3.23. The zero-order valence-electron chi connectivity index (χ0n) is 7.91. The molecule has 82 valence electrons. The van der Waals surface area contributed by atoms with Crippen molar-refractivity contribution >= 4 is 34.8 Å². The Labute approximate surface area is 101 Å². The average molecular weight is 257 g/mol. The molecule has 0 spiro atoms. The highest BCUT2D eigenvalue weighted by Gasteiger charge is 2.13. The van der Waals surface area contributed by atoms with E-state index in [9.17, 15) is 4.79 Å². The van der Waals surface area contributed by atoms with Gasteiger partial charge in [0.05, 0.1) is 21.9 Å². The number of para-hydroxylation sites is 1. The van der Waals surface area contributed by atoms with Crippen LogP contribution in [0.5, 0.6) is 0 Å². The number of benzene rings is 1. The van der Waals surface area contributed by atoms with Gasteiger partial charge in [-0.05, 0) is 12.1 Å². The fourth-order valence-corrected chi connectivity index (χ4v) is 1.61. The maximum absolute atomic E-state index is 11.6. The monoisotopic (exact) mass is 256 g/mol. The molecule has 16 heavy (non-hydrogen) atoms. The molecule has 1 N–H and O–H groups in total. The summed E-state index contributed by atoms with van der Waals surface area (Å²) in [5.74, 6) is -0.358. The zero-order valence-corrected chi connectivity index (χ0v) is 9.42. The second kappa shape index (κ2) is 4.55. The number of amides is 1. The molecule has 4 nitrogen and oxygen atoms in total. The Kier molecular flexibility index (Phi) is 3.12. The van der Waals surface area contributed by atoms with Crippen molar-refractivity contribution in [3.63, 3.8) is 0 Å². The van der Waals surface area contributed by atoms with E-state index in [0.717, 1.165) is 0 Å². The van der Waals surface area contributed by atoms with Crippen LogP contribution in [0.1, 0.15) is 10.6 Å². The van der Waals surface area contributed by atoms with E-state index >= 15 is 0 Å². The van der Waals surface area contributed by atoms with Gasteiger partial charge < -0.3 is 9.73 Å². The topological polar surface area (TPSA) is 55.1 Å². The van der Waals surface area contributed by atoms with Gasteiger partial charge in [0, 0.05) is 0 Å². The number of carbonyl (C=O) groups is 1. The lowest BCUT2D eigenvalue weighted by Crippen LogP contribution is -2.11. The number of anilines is 1. The highest BCUT2D eigenvalue weighted by molar-refractivity contribution is 6.39. The molecule has 2 rings (SSSR count). The van der Waals surface area contributed by atoms with Crippen molar-refractivity contribution in [3.05, 3.63) is 46.6 Å². The van der Waals surface area contributed by atoms with Gasteiger partial charge in [-0.3, -0.25) is 4.79 Å². The van der Waals surface area contributed by atoms with Crippen molar-refractivity contribution in [2.45, 2.75) is 0 Å². The van der Waals surface area contributed by atoms with Crippen molar-refractivity contribution in [2.75, 3.05) is 5.32 Å². The van der Waals surface area contributed by atoms with E-state index in [1.165, 1.54) is 12.6 Å². The first-order valence-corrected chi connectivity index (χ1v) is 5.08. The first-order chi connectivity index (χ1) is 7.68. The Bertz CT molecular complexity index is 491. The highest BCUT2D eigenvalue weighted by Crippen LogP contribution is 2.30. The van der Waals surface area contributed by atoms with E-state index in [1.807, 2.05) is 0 Å². The lowest BCUT2D eigenvalue weighted by Gasteiger charge is -2.06. The van der Waals surface area contributed by atoms with Gasteiger partial charge in [0.25, 0.3) is 5.91 Å². The highest BCUT2D eigenvalue weighted by atomic mass is 35.5. The first-order valence-electron chi connectivity index (χ1n) is 4.32. The Morgan fingerprint density at radius 2 is 2.00 bits per heavy atom. The molecule has 0 saturated heterocycles. The summed E-state index contributed by atoms with van der Waals surface area (Å²) >= 11 is 11.8. The van der Waals surface area contributed by atoms with Crippen molar-refractivity contribution < 1.29 is 9.21 Å². The SMILES string of the molecule is O=C(Nc1c(Cl)cccc1Cl)c1cnco1. The van der Waals surface area contributed by atoms with Crippen LogP contribution in [0.3, 0.4) is 0 Å². The Morgan fingerprint density at radius 1 is 1.31 bits per heavy atom. The van der Waals surface area contributed by atoms with E-state index in [1.54, 1.807) is 18.2 Å². The smallest absolute Gasteiger partial charge is 0.293 e. The minimum Gasteiger partial charge on any atom is -0.438 e. The maximum atomic E-state index is 11.6. The van der Waals surface area contributed by atoms with Crippen molar-refractivity contribution in [1.82, 2.24) is 4.98 Å². The number of carbonyl (C=O) groups excluding carboxylic acids is 1. The van der Waals surface area contributed by atoms with E-state index in [-0.39, 0.29) is 5.76 Å². The number of nitrogens with zero attached hydrogens (tertiary/aromatic N) is 1. The van der Waals surface area contributed by atoms with Crippen LogP contribution in [0.2, 0.25) is 10.0 Å². The molecule has 1 aromatic carbocycles. The van der Waals surface area contributed by atoms with Crippen LogP contribution in [-0.2, 0) is 0 Å². The molecule has 1 amide bonds. The van der Waals surface area contributed by atoms with Gasteiger partial charge >= 0.3 is 0 Å². The van der Waals surface area contributed by atoms with Crippen LogP contribution in [0.15, 0.2) is 35.2 Å². The fourth-order valence-electron chi connectivity index (χ4n) is 1.12. The second-order valence-electron chi connectivity index (χ2n) is 2.92. The summed E-state index contributed by atoms with van der Waals surface area (Å²) < 4.78 is 4.84. The molecule has 2 aromatic rings. The van der Waals surface area contributed by atoms with Gasteiger partial charge in [0.15, 0.2) is 6.39 Å². The fraction of sp³-hybridized carbons (Fsp3) is 0. The van der Waals surface area contributed by atoms with Gasteiger partial charge in [0.1, 0.15) is 0 Å². The Morgan fingerprint density at radius 3 is 2.56 bits per heavy atom. The molecule has 0 aliphatic rings. The van der Waals surface area contributed by atoms with Gasteiger partial charge in [0.2, 0.25) is 5.76 Å². The van der Waals surface area contributed by atoms with Crippen molar-refractivity contribution in [1.29, 1.82) is 0 Å². The Balaban J connectivity index is 2.25. The molecule has 0 fully saturated rings. The van der Waals surface area contributed by atoms with E-state index < -0.39 is 5.91 Å². The van der Waals surface area contributed by atoms with Crippen LogP contribution in [0.25, 0.3) is 0 Å². The first kappa shape index (κ1) is 11.0. The molecule has 1 aromatic heterocycles. The standard InChI is InChI=1S/C10H6Cl2N2O2/c11-6-2-1-3-7(12)9(6)14-10(15)8-4-13-5-16-8/h1-5H,(H,14,15). The van der Waals surface area contributed by atoms with E-state index in [2.05, 4.69) is 10.3 Å². The summed E-state index contributed by atoms with van der Waals surface area (Å²) in [6.07, 6.45) is 2.48. The molecule has 0 atom stereocenters. The summed E-state index contributed by atoms with van der Waals surface area (Å²) in [6, 6.07) is 4.95. The van der Waals surface area contributed by atoms with E-state index in [4.69, 9.17) is 27.6 Å². The van der Waals surface area contributed by atoms with Crippen molar-refractivity contribution in [2.24, 2.45) is 0 Å². The Hall–Kier alpha value is -1.52. The van der Waals surface area contributed by atoms with Crippen LogP contribution in [0.4, 0.5) is 5.69 Å². The van der Waals surface area contributed by atoms with Gasteiger partial charge in [-0.25, -0.2) is 4.98 Å². The van der Waals surface area contributed by atoms with Crippen LogP contribution in [-0.4, -0.2) is 10.9 Å². The predicted molar refractivity (Wildman–Crippen MR) is 60.9 cm³/mol. The van der Waals surface area contributed by atoms with Crippen LogP contribution in [0, 0.1) is 0 Å². The summed E-state index contributed by atoms with van der Waals surface area (Å²) in [6.45, 7) is 0. The molecule has 1 heterocycles. The largest absolute Gasteiger partial charge is 0.438 e. The van der Waals surface area contributed by atoms with Crippen molar-refractivity contribution in [3.8, 4) is 0 Å². The molecule has 0 bridgehead atoms. The van der Waals surface area contributed by atoms with Gasteiger partial charge in [-0.2, -0.15) is 0 Å². The number of hydrogen-bond acceptors (Lipinski definition) is 3. The quantitative estimate of drug-likeness (QED) is 0.898. The van der Waals surface area contributed by atoms with E-state index in [0.29, 0.717) is 15.7 Å².